The number of benzene rings is 1. The SMILES string of the molecule is CCCc1ccc(C(NC(=O)Cn2cc(C(=O)O)nn2)c2cccs2)cc1. The lowest BCUT2D eigenvalue weighted by atomic mass is 10.0. The predicted octanol–water partition coefficient (Wildman–Crippen LogP) is 2.90. The maximum Gasteiger partial charge on any atom is 0.358 e. The molecule has 0 aliphatic carbocycles. The molecule has 0 spiro atoms. The van der Waals surface area contributed by atoms with Gasteiger partial charge in [0.05, 0.1) is 12.2 Å². The van der Waals surface area contributed by atoms with E-state index in [0.29, 0.717) is 0 Å². The fraction of sp³-hybridized carbons (Fsp3) is 0.263. The van der Waals surface area contributed by atoms with Crippen LogP contribution in [0.15, 0.2) is 48.0 Å². The van der Waals surface area contributed by atoms with Gasteiger partial charge >= 0.3 is 5.97 Å². The summed E-state index contributed by atoms with van der Waals surface area (Å²) in [5, 5.41) is 21.1. The van der Waals surface area contributed by atoms with Crippen molar-refractivity contribution >= 4 is 23.2 Å². The highest BCUT2D eigenvalue weighted by Crippen LogP contribution is 2.26. The van der Waals surface area contributed by atoms with E-state index in [1.165, 1.54) is 16.4 Å². The molecular formula is C19H20N4O3S. The van der Waals surface area contributed by atoms with E-state index in [0.717, 1.165) is 23.3 Å². The number of hydrogen-bond donors (Lipinski definition) is 2. The molecular weight excluding hydrogens is 364 g/mol. The lowest BCUT2D eigenvalue weighted by Gasteiger charge is -2.18. The normalized spacial score (nSPS) is 11.9. The molecule has 2 N–H and O–H groups in total. The third kappa shape index (κ3) is 4.79. The summed E-state index contributed by atoms with van der Waals surface area (Å²) in [5.41, 5.74) is 2.07. The van der Waals surface area contributed by atoms with Crippen molar-refractivity contribution in [1.29, 1.82) is 0 Å². The second-order valence-electron chi connectivity index (χ2n) is 6.11. The average molecular weight is 384 g/mol. The van der Waals surface area contributed by atoms with Crippen molar-refractivity contribution in [3.8, 4) is 0 Å². The molecule has 0 bridgehead atoms. The van der Waals surface area contributed by atoms with Gasteiger partial charge in [0, 0.05) is 4.88 Å². The van der Waals surface area contributed by atoms with Crippen molar-refractivity contribution < 1.29 is 14.7 Å². The Bertz CT molecular complexity index is 903. The van der Waals surface area contributed by atoms with Gasteiger partial charge in [-0.2, -0.15) is 0 Å². The highest BCUT2D eigenvalue weighted by molar-refractivity contribution is 7.10. The zero-order valence-electron chi connectivity index (χ0n) is 14.8. The topological polar surface area (TPSA) is 97.1 Å². The number of carbonyl (C=O) groups excluding carboxylic acids is 1. The minimum absolute atomic E-state index is 0.101. The number of nitrogens with zero attached hydrogens (tertiary/aromatic N) is 3. The van der Waals surface area contributed by atoms with Gasteiger partial charge in [0.15, 0.2) is 5.69 Å². The van der Waals surface area contributed by atoms with E-state index < -0.39 is 5.97 Å². The second-order valence-corrected chi connectivity index (χ2v) is 7.09. The molecule has 140 valence electrons. The van der Waals surface area contributed by atoms with Gasteiger partial charge in [-0.15, -0.1) is 16.4 Å². The molecule has 27 heavy (non-hydrogen) atoms. The highest BCUT2D eigenvalue weighted by Gasteiger charge is 2.19. The van der Waals surface area contributed by atoms with Crippen LogP contribution in [0.4, 0.5) is 0 Å². The lowest BCUT2D eigenvalue weighted by molar-refractivity contribution is -0.122. The molecule has 0 radical (unpaired) electrons. The maximum absolute atomic E-state index is 12.5. The number of thiophene rings is 1. The van der Waals surface area contributed by atoms with Crippen LogP contribution in [0.25, 0.3) is 0 Å². The molecule has 3 aromatic rings. The molecule has 0 fully saturated rings. The van der Waals surface area contributed by atoms with E-state index in [-0.39, 0.29) is 24.2 Å². The molecule has 0 aliphatic rings. The van der Waals surface area contributed by atoms with Crippen molar-refractivity contribution in [3.63, 3.8) is 0 Å². The van der Waals surface area contributed by atoms with Crippen molar-refractivity contribution in [1.82, 2.24) is 20.3 Å². The van der Waals surface area contributed by atoms with Gasteiger partial charge in [-0.05, 0) is 29.0 Å². The van der Waals surface area contributed by atoms with Crippen LogP contribution < -0.4 is 5.32 Å². The smallest absolute Gasteiger partial charge is 0.358 e. The van der Waals surface area contributed by atoms with Crippen LogP contribution in [0.1, 0.15) is 45.9 Å². The fourth-order valence-electron chi connectivity index (χ4n) is 2.77. The van der Waals surface area contributed by atoms with Crippen molar-refractivity contribution in [2.75, 3.05) is 0 Å². The Labute approximate surface area is 160 Å². The average Bonchev–Trinajstić information content (AvgIpc) is 3.33. The third-order valence-corrected chi connectivity index (χ3v) is 4.99. The Balaban J connectivity index is 1.75. The zero-order valence-corrected chi connectivity index (χ0v) is 15.6. The van der Waals surface area contributed by atoms with Crippen LogP contribution in [0, 0.1) is 0 Å². The van der Waals surface area contributed by atoms with E-state index in [1.54, 1.807) is 11.3 Å². The number of carboxylic acid groups (broad SMARTS) is 1. The Hall–Kier alpha value is -3.00. The summed E-state index contributed by atoms with van der Waals surface area (Å²) in [6.07, 6.45) is 3.34. The molecule has 1 aromatic carbocycles. The second kappa shape index (κ2) is 8.59. The first-order valence-electron chi connectivity index (χ1n) is 8.62. The van der Waals surface area contributed by atoms with Crippen molar-refractivity contribution in [3.05, 3.63) is 69.7 Å². The predicted molar refractivity (Wildman–Crippen MR) is 102 cm³/mol. The highest BCUT2D eigenvalue weighted by atomic mass is 32.1. The largest absolute Gasteiger partial charge is 0.476 e. The van der Waals surface area contributed by atoms with E-state index in [1.807, 2.05) is 29.6 Å². The summed E-state index contributed by atoms with van der Waals surface area (Å²) in [5.74, 6) is -1.45. The molecule has 2 aromatic heterocycles. The summed E-state index contributed by atoms with van der Waals surface area (Å²) >= 11 is 1.57. The molecule has 1 unspecified atom stereocenters. The van der Waals surface area contributed by atoms with Gasteiger partial charge in [-0.1, -0.05) is 48.9 Å². The summed E-state index contributed by atoms with van der Waals surface area (Å²) in [7, 11) is 0. The number of carbonyl (C=O) groups is 2. The van der Waals surface area contributed by atoms with E-state index in [4.69, 9.17) is 5.11 Å². The van der Waals surface area contributed by atoms with Gasteiger partial charge in [-0.3, -0.25) is 4.79 Å². The number of aryl methyl sites for hydroxylation is 1. The van der Waals surface area contributed by atoms with Crippen LogP contribution >= 0.6 is 11.3 Å². The summed E-state index contributed by atoms with van der Waals surface area (Å²) in [4.78, 5) is 24.4. The lowest BCUT2D eigenvalue weighted by Crippen LogP contribution is -2.32. The van der Waals surface area contributed by atoms with Gasteiger partial charge in [0.1, 0.15) is 6.54 Å². The zero-order chi connectivity index (χ0) is 19.2. The number of rotatable bonds is 8. The first kappa shape index (κ1) is 18.8. The van der Waals surface area contributed by atoms with E-state index in [2.05, 4.69) is 34.7 Å². The van der Waals surface area contributed by atoms with E-state index in [9.17, 15) is 9.59 Å². The Morgan fingerprint density at radius 2 is 2.04 bits per heavy atom. The van der Waals surface area contributed by atoms with Gasteiger partial charge in [-0.25, -0.2) is 9.48 Å². The number of nitrogens with one attached hydrogen (secondary N) is 1. The Morgan fingerprint density at radius 1 is 1.26 bits per heavy atom. The van der Waals surface area contributed by atoms with Crippen LogP contribution in [0.3, 0.4) is 0 Å². The number of hydrogen-bond acceptors (Lipinski definition) is 5. The molecule has 0 aliphatic heterocycles. The minimum atomic E-state index is -1.18. The number of aromatic carboxylic acids is 1. The van der Waals surface area contributed by atoms with Crippen molar-refractivity contribution in [2.24, 2.45) is 0 Å². The fourth-order valence-corrected chi connectivity index (χ4v) is 3.57. The molecule has 0 saturated heterocycles. The van der Waals surface area contributed by atoms with Crippen LogP contribution in [-0.4, -0.2) is 32.0 Å². The van der Waals surface area contributed by atoms with Gasteiger partial charge in [0.25, 0.3) is 0 Å². The van der Waals surface area contributed by atoms with Gasteiger partial charge in [0.2, 0.25) is 5.91 Å². The van der Waals surface area contributed by atoms with Crippen LogP contribution in [-0.2, 0) is 17.8 Å². The standard InChI is InChI=1S/C19H20N4O3S/c1-2-4-13-6-8-14(9-7-13)18(16-5-3-10-27-16)20-17(24)12-23-11-15(19(25)26)21-22-23/h3,5-11,18H,2,4,12H2,1H3,(H,20,24)(H,25,26). The minimum Gasteiger partial charge on any atom is -0.476 e. The number of carboxylic acids is 1. The molecule has 2 heterocycles. The molecule has 0 saturated carbocycles. The monoisotopic (exact) mass is 384 g/mol. The summed E-state index contributed by atoms with van der Waals surface area (Å²) in [6.45, 7) is 2.04. The van der Waals surface area contributed by atoms with E-state index >= 15 is 0 Å². The Kier molecular flexibility index (Phi) is 5.97. The van der Waals surface area contributed by atoms with Crippen LogP contribution in [0.5, 0.6) is 0 Å². The maximum atomic E-state index is 12.5. The van der Waals surface area contributed by atoms with Gasteiger partial charge < -0.3 is 10.4 Å². The first-order valence-corrected chi connectivity index (χ1v) is 9.49. The molecule has 7 nitrogen and oxygen atoms in total. The Morgan fingerprint density at radius 3 is 2.63 bits per heavy atom. The molecule has 3 rings (SSSR count). The summed E-state index contributed by atoms with van der Waals surface area (Å²) < 4.78 is 1.22. The first-order chi connectivity index (χ1) is 13.1. The van der Waals surface area contributed by atoms with Crippen LogP contribution in [0.2, 0.25) is 0 Å². The molecule has 1 atom stereocenters. The summed E-state index contributed by atoms with van der Waals surface area (Å²) in [6, 6.07) is 11.9. The quantitative estimate of drug-likeness (QED) is 0.622. The third-order valence-electron chi connectivity index (χ3n) is 4.05. The molecule has 8 heteroatoms. The molecule has 1 amide bonds. The number of amides is 1. The number of aromatic nitrogens is 3. The van der Waals surface area contributed by atoms with Crippen molar-refractivity contribution in [2.45, 2.75) is 32.4 Å².